The standard InChI is InChI=1S/C27H29NO4/c1-16-9-8-10-17(2)24(16)28-26(30)25-18(3)22-20(31-25)11-12-21-23(22)19(29)15-27(32-21)13-6-4-5-7-14-27/h8-12H,4-7,13-15H2,1-3H3,(H,28,30). The number of carbonyl (C=O) groups excluding carboxylic acids is 2. The number of benzene rings is 2. The molecule has 0 unspecified atom stereocenters. The predicted octanol–water partition coefficient (Wildman–Crippen LogP) is 6.67. The maximum absolute atomic E-state index is 13.4. The quantitative estimate of drug-likeness (QED) is 0.492. The van der Waals surface area contributed by atoms with E-state index in [2.05, 4.69) is 5.32 Å². The Kier molecular flexibility index (Phi) is 5.07. The summed E-state index contributed by atoms with van der Waals surface area (Å²) in [6.07, 6.45) is 6.83. The van der Waals surface area contributed by atoms with Gasteiger partial charge < -0.3 is 14.5 Å². The van der Waals surface area contributed by atoms with Crippen LogP contribution in [0, 0.1) is 20.8 Å². The number of anilines is 1. The van der Waals surface area contributed by atoms with Gasteiger partial charge >= 0.3 is 0 Å². The van der Waals surface area contributed by atoms with E-state index in [0.29, 0.717) is 34.3 Å². The van der Waals surface area contributed by atoms with E-state index in [-0.39, 0.29) is 23.1 Å². The fourth-order valence-electron chi connectivity index (χ4n) is 5.38. The van der Waals surface area contributed by atoms with Crippen LogP contribution in [0.2, 0.25) is 0 Å². The van der Waals surface area contributed by atoms with Crippen molar-refractivity contribution < 1.29 is 18.7 Å². The van der Waals surface area contributed by atoms with E-state index >= 15 is 0 Å². The molecule has 1 amide bonds. The molecule has 166 valence electrons. The summed E-state index contributed by atoms with van der Waals surface area (Å²) in [5.74, 6) is 0.637. The van der Waals surface area contributed by atoms with Gasteiger partial charge in [0.15, 0.2) is 11.5 Å². The number of Topliss-reactive ketones (excluding diaryl/α,β-unsaturated/α-hetero) is 1. The first-order chi connectivity index (χ1) is 15.4. The molecule has 1 aromatic heterocycles. The van der Waals surface area contributed by atoms with Crippen molar-refractivity contribution in [1.82, 2.24) is 0 Å². The molecule has 1 saturated carbocycles. The molecule has 5 heteroatoms. The van der Waals surface area contributed by atoms with Crippen LogP contribution in [-0.2, 0) is 0 Å². The summed E-state index contributed by atoms with van der Waals surface area (Å²) in [6.45, 7) is 5.77. The number of fused-ring (bicyclic) bond motifs is 3. The van der Waals surface area contributed by atoms with Crippen molar-refractivity contribution in [3.05, 3.63) is 58.3 Å². The number of nitrogens with one attached hydrogen (secondary N) is 1. The van der Waals surface area contributed by atoms with Crippen LogP contribution in [0.5, 0.6) is 5.75 Å². The molecule has 1 aliphatic carbocycles. The third-order valence-electron chi connectivity index (χ3n) is 7.09. The Hall–Kier alpha value is -3.08. The van der Waals surface area contributed by atoms with Gasteiger partial charge in [-0.25, -0.2) is 0 Å². The topological polar surface area (TPSA) is 68.5 Å². The van der Waals surface area contributed by atoms with E-state index in [1.54, 1.807) is 0 Å². The number of amides is 1. The van der Waals surface area contributed by atoms with E-state index in [4.69, 9.17) is 9.15 Å². The second-order valence-electron chi connectivity index (χ2n) is 9.39. The minimum absolute atomic E-state index is 0.0874. The lowest BCUT2D eigenvalue weighted by Crippen LogP contribution is -2.41. The summed E-state index contributed by atoms with van der Waals surface area (Å²) in [5, 5.41) is 3.69. The summed E-state index contributed by atoms with van der Waals surface area (Å²) in [4.78, 5) is 26.5. The molecule has 5 rings (SSSR count). The molecule has 1 aliphatic heterocycles. The van der Waals surface area contributed by atoms with E-state index < -0.39 is 0 Å². The van der Waals surface area contributed by atoms with Gasteiger partial charge in [-0.15, -0.1) is 0 Å². The highest BCUT2D eigenvalue weighted by Crippen LogP contribution is 2.45. The fraction of sp³-hybridized carbons (Fsp3) is 0.407. The molecule has 1 spiro atoms. The lowest BCUT2D eigenvalue weighted by molar-refractivity contribution is 0.0301. The Bertz CT molecular complexity index is 1210. The molecule has 2 heterocycles. The van der Waals surface area contributed by atoms with Crippen LogP contribution in [0.15, 0.2) is 34.7 Å². The van der Waals surface area contributed by atoms with Gasteiger partial charge in [0.1, 0.15) is 16.9 Å². The first kappa shape index (κ1) is 20.8. The Morgan fingerprint density at radius 3 is 2.34 bits per heavy atom. The van der Waals surface area contributed by atoms with E-state index in [9.17, 15) is 9.59 Å². The van der Waals surface area contributed by atoms with Gasteiger partial charge in [-0.05, 0) is 69.7 Å². The summed E-state index contributed by atoms with van der Waals surface area (Å²) in [5.41, 5.74) is 4.16. The average molecular weight is 432 g/mol. The van der Waals surface area contributed by atoms with E-state index in [1.807, 2.05) is 51.1 Å². The first-order valence-electron chi connectivity index (χ1n) is 11.5. The monoisotopic (exact) mass is 431 g/mol. The molecule has 0 atom stereocenters. The van der Waals surface area contributed by atoms with Gasteiger partial charge in [0.2, 0.25) is 0 Å². The second-order valence-corrected chi connectivity index (χ2v) is 9.39. The van der Waals surface area contributed by atoms with Crippen LogP contribution >= 0.6 is 0 Å². The van der Waals surface area contributed by atoms with Crippen molar-refractivity contribution in [3.63, 3.8) is 0 Å². The number of furan rings is 1. The van der Waals surface area contributed by atoms with Crippen LogP contribution in [-0.4, -0.2) is 17.3 Å². The molecule has 1 N–H and O–H groups in total. The average Bonchev–Trinajstić information content (AvgIpc) is 2.94. The highest BCUT2D eigenvalue weighted by molar-refractivity contribution is 6.15. The number of hydrogen-bond acceptors (Lipinski definition) is 4. The zero-order chi connectivity index (χ0) is 22.5. The van der Waals surface area contributed by atoms with Gasteiger partial charge in [0.05, 0.1) is 12.0 Å². The summed E-state index contributed by atoms with van der Waals surface area (Å²) >= 11 is 0. The van der Waals surface area contributed by atoms with Crippen molar-refractivity contribution in [3.8, 4) is 5.75 Å². The molecule has 2 aliphatic rings. The van der Waals surface area contributed by atoms with Crippen molar-refractivity contribution in [1.29, 1.82) is 0 Å². The summed E-state index contributed by atoms with van der Waals surface area (Å²) in [6, 6.07) is 9.54. The van der Waals surface area contributed by atoms with Gasteiger partial charge in [-0.1, -0.05) is 31.0 Å². The van der Waals surface area contributed by atoms with E-state index in [1.165, 1.54) is 12.8 Å². The smallest absolute Gasteiger partial charge is 0.291 e. The Balaban J connectivity index is 1.54. The summed E-state index contributed by atoms with van der Waals surface area (Å²) in [7, 11) is 0. The molecule has 1 fully saturated rings. The predicted molar refractivity (Wildman–Crippen MR) is 125 cm³/mol. The van der Waals surface area contributed by atoms with Gasteiger partial charge in [0, 0.05) is 16.6 Å². The minimum atomic E-state index is -0.380. The highest BCUT2D eigenvalue weighted by Gasteiger charge is 2.42. The number of ketones is 1. The zero-order valence-electron chi connectivity index (χ0n) is 19.0. The van der Waals surface area contributed by atoms with Crippen LogP contribution in [0.1, 0.15) is 82.5 Å². The molecule has 2 aromatic carbocycles. The minimum Gasteiger partial charge on any atom is -0.486 e. The number of hydrogen-bond donors (Lipinski definition) is 1. The number of carbonyl (C=O) groups is 2. The van der Waals surface area contributed by atoms with Crippen molar-refractivity contribution in [2.24, 2.45) is 0 Å². The van der Waals surface area contributed by atoms with E-state index in [0.717, 1.165) is 42.5 Å². The van der Waals surface area contributed by atoms with Crippen LogP contribution in [0.3, 0.4) is 0 Å². The Morgan fingerprint density at radius 2 is 1.66 bits per heavy atom. The van der Waals surface area contributed by atoms with Crippen molar-refractivity contribution in [2.45, 2.75) is 71.3 Å². The normalized spacial score (nSPS) is 17.7. The molecular formula is C27H29NO4. The number of para-hydroxylation sites is 1. The summed E-state index contributed by atoms with van der Waals surface area (Å²) < 4.78 is 12.5. The molecule has 0 radical (unpaired) electrons. The second kappa shape index (κ2) is 7.80. The van der Waals surface area contributed by atoms with Gasteiger partial charge in [-0.2, -0.15) is 0 Å². The Morgan fingerprint density at radius 1 is 0.969 bits per heavy atom. The largest absolute Gasteiger partial charge is 0.486 e. The lowest BCUT2D eigenvalue weighted by atomic mass is 9.83. The lowest BCUT2D eigenvalue weighted by Gasteiger charge is -2.37. The molecule has 0 bridgehead atoms. The molecule has 5 nitrogen and oxygen atoms in total. The molecular weight excluding hydrogens is 402 g/mol. The third-order valence-corrected chi connectivity index (χ3v) is 7.09. The molecule has 32 heavy (non-hydrogen) atoms. The van der Waals surface area contributed by atoms with Crippen molar-refractivity contribution in [2.75, 3.05) is 5.32 Å². The maximum Gasteiger partial charge on any atom is 0.291 e. The van der Waals surface area contributed by atoms with Crippen LogP contribution in [0.25, 0.3) is 11.0 Å². The van der Waals surface area contributed by atoms with Gasteiger partial charge in [0.25, 0.3) is 5.91 Å². The number of rotatable bonds is 2. The van der Waals surface area contributed by atoms with Crippen LogP contribution < -0.4 is 10.1 Å². The number of ether oxygens (including phenoxy) is 1. The van der Waals surface area contributed by atoms with Crippen molar-refractivity contribution >= 4 is 28.3 Å². The molecule has 0 saturated heterocycles. The SMILES string of the molecule is Cc1cccc(C)c1NC(=O)c1oc2ccc3c(c2c1C)C(=O)CC1(CCCCCC1)O3. The Labute approximate surface area is 188 Å². The van der Waals surface area contributed by atoms with Crippen LogP contribution in [0.4, 0.5) is 5.69 Å². The fourth-order valence-corrected chi connectivity index (χ4v) is 5.38. The zero-order valence-corrected chi connectivity index (χ0v) is 19.0. The first-order valence-corrected chi connectivity index (χ1v) is 11.5. The maximum atomic E-state index is 13.4. The molecule has 3 aromatic rings. The van der Waals surface area contributed by atoms with Gasteiger partial charge in [-0.3, -0.25) is 9.59 Å². The third kappa shape index (κ3) is 3.40. The number of aryl methyl sites for hydroxylation is 3. The highest BCUT2D eigenvalue weighted by atomic mass is 16.5.